The van der Waals surface area contributed by atoms with E-state index in [4.69, 9.17) is 18.0 Å². The minimum Gasteiger partial charge on any atom is -0.376 e. The molecule has 0 unspecified atom stereocenters. The fraction of sp³-hybridized carbons (Fsp3) is 0.100. The van der Waals surface area contributed by atoms with Gasteiger partial charge in [0.2, 0.25) is 0 Å². The number of nitrogens with two attached hydrogens (primary N) is 1. The molecule has 0 bridgehead atoms. The fourth-order valence-electron chi connectivity index (χ4n) is 1.29. The maximum Gasteiger partial charge on any atom is 0.168 e. The summed E-state index contributed by atoms with van der Waals surface area (Å²) < 4.78 is 0. The van der Waals surface area contributed by atoms with Crippen LogP contribution in [0.5, 0.6) is 0 Å². The van der Waals surface area contributed by atoms with Crippen molar-refractivity contribution in [2.45, 2.75) is 6.92 Å². The number of nitrogens with zero attached hydrogens (tertiary/aromatic N) is 2. The lowest BCUT2D eigenvalue weighted by molar-refractivity contribution is 1.05. The minimum atomic E-state index is 0.255. The van der Waals surface area contributed by atoms with Crippen molar-refractivity contribution in [3.05, 3.63) is 29.3 Å². The van der Waals surface area contributed by atoms with Gasteiger partial charge in [-0.1, -0.05) is 23.5 Å². The maximum atomic E-state index is 5.41. The second-order valence-corrected chi connectivity index (χ2v) is 4.82. The van der Waals surface area contributed by atoms with Crippen LogP contribution in [0.15, 0.2) is 24.3 Å². The third kappa shape index (κ3) is 2.53. The molecule has 1 aromatic heterocycles. The Morgan fingerprint density at radius 1 is 1.44 bits per heavy atom. The molecule has 0 saturated heterocycles. The first-order valence-corrected chi connectivity index (χ1v) is 5.84. The summed E-state index contributed by atoms with van der Waals surface area (Å²) >= 11 is 6.34. The number of aromatic nitrogens is 2. The third-order valence-electron chi connectivity index (χ3n) is 1.90. The Bertz CT molecular complexity index is 521. The number of thiocarbonyl (C=S) groups is 1. The molecule has 16 heavy (non-hydrogen) atoms. The third-order valence-corrected chi connectivity index (χ3v) is 2.89. The van der Waals surface area contributed by atoms with E-state index in [1.165, 1.54) is 0 Å². The molecule has 4 nitrogen and oxygen atoms in total. The second-order valence-electron chi connectivity index (χ2n) is 3.20. The average molecular weight is 250 g/mol. The molecule has 2 aromatic rings. The summed E-state index contributed by atoms with van der Waals surface area (Å²) in [4.78, 5) is 0. The fourth-order valence-corrected chi connectivity index (χ4v) is 2.09. The van der Waals surface area contributed by atoms with E-state index in [2.05, 4.69) is 15.5 Å². The number of anilines is 1. The molecule has 0 atom stereocenters. The minimum absolute atomic E-state index is 0.255. The van der Waals surface area contributed by atoms with E-state index in [1.54, 1.807) is 11.3 Å². The highest BCUT2D eigenvalue weighted by atomic mass is 32.1. The van der Waals surface area contributed by atoms with Crippen molar-refractivity contribution in [1.82, 2.24) is 10.2 Å². The first kappa shape index (κ1) is 11.0. The van der Waals surface area contributed by atoms with Crippen LogP contribution in [0.1, 0.15) is 5.01 Å². The van der Waals surface area contributed by atoms with Gasteiger partial charge in [-0.15, -0.1) is 10.2 Å². The SMILES string of the molecule is Cc1nnc(-c2cccc(NC(N)=S)c2)s1. The van der Waals surface area contributed by atoms with Crippen LogP contribution in [0.2, 0.25) is 0 Å². The molecular weight excluding hydrogens is 240 g/mol. The van der Waals surface area contributed by atoms with E-state index in [0.717, 1.165) is 21.3 Å². The smallest absolute Gasteiger partial charge is 0.168 e. The Morgan fingerprint density at radius 2 is 2.25 bits per heavy atom. The topological polar surface area (TPSA) is 63.8 Å². The number of rotatable bonds is 2. The summed E-state index contributed by atoms with van der Waals surface area (Å²) in [5.41, 5.74) is 7.28. The molecule has 0 aliphatic heterocycles. The monoisotopic (exact) mass is 250 g/mol. The molecule has 0 spiro atoms. The zero-order valence-corrected chi connectivity index (χ0v) is 10.2. The Morgan fingerprint density at radius 3 is 2.88 bits per heavy atom. The van der Waals surface area contributed by atoms with Gasteiger partial charge in [-0.25, -0.2) is 0 Å². The van der Waals surface area contributed by atoms with Gasteiger partial charge in [-0.3, -0.25) is 0 Å². The average Bonchev–Trinajstić information content (AvgIpc) is 2.64. The molecule has 2 rings (SSSR count). The molecule has 82 valence electrons. The standard InChI is InChI=1S/C10H10N4S2/c1-6-13-14-9(16-6)7-3-2-4-8(5-7)12-10(11)15/h2-5H,1H3,(H3,11,12,15). The highest BCUT2D eigenvalue weighted by Gasteiger charge is 2.04. The van der Waals surface area contributed by atoms with Crippen LogP contribution in [0, 0.1) is 6.92 Å². The van der Waals surface area contributed by atoms with Crippen LogP contribution in [-0.4, -0.2) is 15.3 Å². The van der Waals surface area contributed by atoms with E-state index < -0.39 is 0 Å². The Labute approximate surface area is 103 Å². The van der Waals surface area contributed by atoms with Crippen LogP contribution >= 0.6 is 23.6 Å². The predicted octanol–water partition coefficient (Wildman–Crippen LogP) is 2.17. The predicted molar refractivity (Wildman–Crippen MR) is 70.5 cm³/mol. The quantitative estimate of drug-likeness (QED) is 0.800. The molecular formula is C10H10N4S2. The zero-order valence-electron chi connectivity index (χ0n) is 8.60. The van der Waals surface area contributed by atoms with Crippen LogP contribution in [-0.2, 0) is 0 Å². The molecule has 6 heteroatoms. The molecule has 1 heterocycles. The van der Waals surface area contributed by atoms with E-state index in [9.17, 15) is 0 Å². The summed E-state index contributed by atoms with van der Waals surface area (Å²) in [6, 6.07) is 7.74. The van der Waals surface area contributed by atoms with Crippen molar-refractivity contribution in [2.75, 3.05) is 5.32 Å². The van der Waals surface area contributed by atoms with Crippen LogP contribution in [0.3, 0.4) is 0 Å². The largest absolute Gasteiger partial charge is 0.376 e. The van der Waals surface area contributed by atoms with Crippen molar-refractivity contribution in [1.29, 1.82) is 0 Å². The lowest BCUT2D eigenvalue weighted by Gasteiger charge is -2.04. The van der Waals surface area contributed by atoms with Gasteiger partial charge in [-0.2, -0.15) is 0 Å². The van der Waals surface area contributed by atoms with Crippen molar-refractivity contribution >= 4 is 34.4 Å². The Hall–Kier alpha value is -1.53. The maximum absolute atomic E-state index is 5.41. The van der Waals surface area contributed by atoms with Gasteiger partial charge < -0.3 is 11.1 Å². The normalized spacial score (nSPS) is 10.1. The summed E-state index contributed by atoms with van der Waals surface area (Å²) in [5.74, 6) is 0. The van der Waals surface area contributed by atoms with Crippen molar-refractivity contribution in [2.24, 2.45) is 5.73 Å². The lowest BCUT2D eigenvalue weighted by atomic mass is 10.2. The van der Waals surface area contributed by atoms with Gasteiger partial charge in [-0.05, 0) is 31.3 Å². The first-order valence-electron chi connectivity index (χ1n) is 4.62. The van der Waals surface area contributed by atoms with Gasteiger partial charge in [0.15, 0.2) is 5.11 Å². The summed E-state index contributed by atoms with van der Waals surface area (Å²) in [5, 5.41) is 13.0. The molecule has 0 aliphatic rings. The number of nitrogens with one attached hydrogen (secondary N) is 1. The second kappa shape index (κ2) is 4.54. The highest BCUT2D eigenvalue weighted by molar-refractivity contribution is 7.80. The van der Waals surface area contributed by atoms with Gasteiger partial charge >= 0.3 is 0 Å². The van der Waals surface area contributed by atoms with E-state index in [-0.39, 0.29) is 5.11 Å². The molecule has 0 radical (unpaired) electrons. The number of benzene rings is 1. The zero-order chi connectivity index (χ0) is 11.5. The summed E-state index contributed by atoms with van der Waals surface area (Å²) in [7, 11) is 0. The van der Waals surface area contributed by atoms with Crippen molar-refractivity contribution in [3.63, 3.8) is 0 Å². The molecule has 0 aliphatic carbocycles. The van der Waals surface area contributed by atoms with Gasteiger partial charge in [0.05, 0.1) is 0 Å². The molecule has 0 saturated carbocycles. The van der Waals surface area contributed by atoms with Crippen LogP contribution in [0.4, 0.5) is 5.69 Å². The van der Waals surface area contributed by atoms with E-state index >= 15 is 0 Å². The molecule has 0 fully saturated rings. The summed E-state index contributed by atoms with van der Waals surface area (Å²) in [6.45, 7) is 1.93. The van der Waals surface area contributed by atoms with Crippen LogP contribution < -0.4 is 11.1 Å². The molecule has 1 aromatic carbocycles. The Kier molecular flexibility index (Phi) is 3.12. The van der Waals surface area contributed by atoms with Gasteiger partial charge in [0, 0.05) is 11.3 Å². The summed E-state index contributed by atoms with van der Waals surface area (Å²) in [6.07, 6.45) is 0. The Balaban J connectivity index is 2.32. The number of hydrogen-bond acceptors (Lipinski definition) is 4. The van der Waals surface area contributed by atoms with Crippen molar-refractivity contribution < 1.29 is 0 Å². The lowest BCUT2D eigenvalue weighted by Crippen LogP contribution is -2.18. The first-order chi connectivity index (χ1) is 7.65. The molecule has 0 amide bonds. The van der Waals surface area contributed by atoms with Gasteiger partial charge in [0.1, 0.15) is 10.0 Å². The number of hydrogen-bond donors (Lipinski definition) is 2. The van der Waals surface area contributed by atoms with E-state index in [0.29, 0.717) is 0 Å². The van der Waals surface area contributed by atoms with Gasteiger partial charge in [0.25, 0.3) is 0 Å². The van der Waals surface area contributed by atoms with Crippen molar-refractivity contribution in [3.8, 4) is 10.6 Å². The van der Waals surface area contributed by atoms with E-state index in [1.807, 2.05) is 31.2 Å². The molecule has 3 N–H and O–H groups in total. The number of aryl methyl sites for hydroxylation is 1. The van der Waals surface area contributed by atoms with Crippen LogP contribution in [0.25, 0.3) is 10.6 Å². The highest BCUT2D eigenvalue weighted by Crippen LogP contribution is 2.25.